The molecule has 0 unspecified atom stereocenters. The van der Waals surface area contributed by atoms with E-state index in [0.717, 1.165) is 0 Å². The first-order chi connectivity index (χ1) is 11.3. The third kappa shape index (κ3) is 2.68. The van der Waals surface area contributed by atoms with Crippen LogP contribution in [0.15, 0.2) is 23.3 Å². The van der Waals surface area contributed by atoms with E-state index in [1.54, 1.807) is 4.90 Å². The van der Waals surface area contributed by atoms with Gasteiger partial charge in [0.15, 0.2) is 0 Å². The van der Waals surface area contributed by atoms with E-state index >= 15 is 0 Å². The molecule has 0 aromatic carbocycles. The number of aromatic nitrogens is 1. The minimum Gasteiger partial charge on any atom is -0.349 e. The Balaban J connectivity index is 1.72. The number of amides is 2. The van der Waals surface area contributed by atoms with Crippen LogP contribution in [0.25, 0.3) is 0 Å². The maximum absolute atomic E-state index is 12.8. The molecule has 1 spiro atoms. The Kier molecular flexibility index (Phi) is 4.11. The standard InChI is InChI=1S/C17H25N5O2/c1-12(2)22-9-5-6-13(22)14(23)21-10-7-17(8-11-21)15(24)18-16(19-17)20(3)4/h5-6,9,12H,7-8,10-11H2,1-4H3,(H,18,19,24). The van der Waals surface area contributed by atoms with Crippen molar-refractivity contribution in [1.82, 2.24) is 19.7 Å². The lowest BCUT2D eigenvalue weighted by Gasteiger charge is -2.35. The number of hydrogen-bond donors (Lipinski definition) is 1. The van der Waals surface area contributed by atoms with Crippen molar-refractivity contribution in [3.63, 3.8) is 0 Å². The number of likely N-dealkylation sites (tertiary alicyclic amines) is 1. The Morgan fingerprint density at radius 3 is 2.54 bits per heavy atom. The molecule has 0 aliphatic carbocycles. The molecular weight excluding hydrogens is 306 g/mol. The molecule has 3 heterocycles. The Hall–Kier alpha value is -2.31. The molecule has 0 radical (unpaired) electrons. The van der Waals surface area contributed by atoms with Gasteiger partial charge in [-0.2, -0.15) is 0 Å². The molecule has 130 valence electrons. The lowest BCUT2D eigenvalue weighted by molar-refractivity contribution is -0.125. The van der Waals surface area contributed by atoms with Crippen LogP contribution in [0, 0.1) is 0 Å². The zero-order valence-corrected chi connectivity index (χ0v) is 14.7. The van der Waals surface area contributed by atoms with E-state index in [4.69, 9.17) is 0 Å². The number of aliphatic imine (C=N–C) groups is 1. The Bertz CT molecular complexity index is 681. The molecule has 2 amide bonds. The maximum Gasteiger partial charge on any atom is 0.270 e. The molecule has 24 heavy (non-hydrogen) atoms. The summed E-state index contributed by atoms with van der Waals surface area (Å²) in [6.07, 6.45) is 3.05. The Morgan fingerprint density at radius 1 is 1.33 bits per heavy atom. The number of carbonyl (C=O) groups is 2. The summed E-state index contributed by atoms with van der Waals surface area (Å²) in [7, 11) is 3.72. The van der Waals surface area contributed by atoms with Crippen LogP contribution >= 0.6 is 0 Å². The third-order valence-corrected chi connectivity index (χ3v) is 4.82. The van der Waals surface area contributed by atoms with Crippen molar-refractivity contribution < 1.29 is 9.59 Å². The quantitative estimate of drug-likeness (QED) is 0.882. The summed E-state index contributed by atoms with van der Waals surface area (Å²) >= 11 is 0. The second-order valence-electron chi connectivity index (χ2n) is 7.00. The topological polar surface area (TPSA) is 69.9 Å². The number of guanidine groups is 1. The second-order valence-corrected chi connectivity index (χ2v) is 7.00. The largest absolute Gasteiger partial charge is 0.349 e. The smallest absolute Gasteiger partial charge is 0.270 e. The fourth-order valence-corrected chi connectivity index (χ4v) is 3.32. The summed E-state index contributed by atoms with van der Waals surface area (Å²) in [4.78, 5) is 33.4. The van der Waals surface area contributed by atoms with Gasteiger partial charge in [-0.25, -0.2) is 4.99 Å². The first-order valence-electron chi connectivity index (χ1n) is 8.39. The van der Waals surface area contributed by atoms with Gasteiger partial charge in [-0.05, 0) is 38.8 Å². The van der Waals surface area contributed by atoms with Gasteiger partial charge < -0.3 is 14.4 Å². The van der Waals surface area contributed by atoms with Crippen molar-refractivity contribution in [3.05, 3.63) is 24.0 Å². The van der Waals surface area contributed by atoms with E-state index in [0.29, 0.717) is 37.6 Å². The number of carbonyl (C=O) groups excluding carboxylic acids is 2. The van der Waals surface area contributed by atoms with Gasteiger partial charge in [-0.15, -0.1) is 0 Å². The average Bonchev–Trinajstić information content (AvgIpc) is 3.14. The van der Waals surface area contributed by atoms with Gasteiger partial charge in [0.1, 0.15) is 11.2 Å². The minimum absolute atomic E-state index is 0.0266. The van der Waals surface area contributed by atoms with E-state index in [1.165, 1.54) is 0 Å². The van der Waals surface area contributed by atoms with Gasteiger partial charge in [0.25, 0.3) is 11.8 Å². The fourth-order valence-electron chi connectivity index (χ4n) is 3.32. The second kappa shape index (κ2) is 5.96. The summed E-state index contributed by atoms with van der Waals surface area (Å²) in [5, 5.41) is 2.84. The van der Waals surface area contributed by atoms with Crippen molar-refractivity contribution in [2.45, 2.75) is 38.3 Å². The van der Waals surface area contributed by atoms with Gasteiger partial charge >= 0.3 is 0 Å². The summed E-state index contributed by atoms with van der Waals surface area (Å²) in [5.74, 6) is 0.580. The maximum atomic E-state index is 12.8. The van der Waals surface area contributed by atoms with Crippen LogP contribution < -0.4 is 5.32 Å². The average molecular weight is 331 g/mol. The summed E-state index contributed by atoms with van der Waals surface area (Å²) in [6, 6.07) is 4.00. The van der Waals surface area contributed by atoms with Crippen LogP contribution in [-0.4, -0.2) is 64.9 Å². The van der Waals surface area contributed by atoms with Crippen molar-refractivity contribution in [3.8, 4) is 0 Å². The van der Waals surface area contributed by atoms with Gasteiger partial charge in [0.05, 0.1) is 0 Å². The number of rotatable bonds is 2. The number of nitrogens with one attached hydrogen (secondary N) is 1. The SMILES string of the molecule is CC(C)n1cccc1C(=O)N1CCC2(CC1)N=C(N(C)C)NC2=O. The zero-order chi connectivity index (χ0) is 17.5. The molecule has 1 aromatic rings. The van der Waals surface area contributed by atoms with E-state index in [9.17, 15) is 9.59 Å². The minimum atomic E-state index is -0.712. The lowest BCUT2D eigenvalue weighted by Crippen LogP contribution is -2.51. The summed E-state index contributed by atoms with van der Waals surface area (Å²) < 4.78 is 1.98. The number of hydrogen-bond acceptors (Lipinski definition) is 4. The highest BCUT2D eigenvalue weighted by Gasteiger charge is 2.47. The number of piperidine rings is 1. The van der Waals surface area contributed by atoms with E-state index in [1.807, 2.05) is 41.9 Å². The first-order valence-corrected chi connectivity index (χ1v) is 8.39. The molecular formula is C17H25N5O2. The van der Waals surface area contributed by atoms with Crippen molar-refractivity contribution >= 4 is 17.8 Å². The molecule has 1 aromatic heterocycles. The molecule has 7 heteroatoms. The van der Waals surface area contributed by atoms with Crippen LogP contribution in [0.2, 0.25) is 0 Å². The molecule has 1 N–H and O–H groups in total. The summed E-state index contributed by atoms with van der Waals surface area (Å²) in [5.41, 5.74) is -0.00882. The molecule has 0 saturated carbocycles. The van der Waals surface area contributed by atoms with Crippen LogP contribution in [0.5, 0.6) is 0 Å². The molecule has 1 saturated heterocycles. The Labute approximate surface area is 142 Å². The normalized spacial score (nSPS) is 19.6. The van der Waals surface area contributed by atoms with E-state index < -0.39 is 5.54 Å². The first kappa shape index (κ1) is 16.5. The Morgan fingerprint density at radius 2 is 2.00 bits per heavy atom. The predicted octanol–water partition coefficient (Wildman–Crippen LogP) is 1.09. The van der Waals surface area contributed by atoms with Crippen molar-refractivity contribution in [2.75, 3.05) is 27.2 Å². The third-order valence-electron chi connectivity index (χ3n) is 4.82. The predicted molar refractivity (Wildman–Crippen MR) is 92.0 cm³/mol. The fraction of sp³-hybridized carbons (Fsp3) is 0.588. The van der Waals surface area contributed by atoms with Crippen LogP contribution in [0.1, 0.15) is 43.2 Å². The van der Waals surface area contributed by atoms with Gasteiger partial charge in [0, 0.05) is 39.4 Å². The lowest BCUT2D eigenvalue weighted by atomic mass is 9.88. The molecule has 1 fully saturated rings. The molecule has 2 aliphatic heterocycles. The van der Waals surface area contributed by atoms with Crippen LogP contribution in [-0.2, 0) is 4.79 Å². The molecule has 2 aliphatic rings. The van der Waals surface area contributed by atoms with E-state index in [2.05, 4.69) is 24.2 Å². The highest BCUT2D eigenvalue weighted by Crippen LogP contribution is 2.31. The highest BCUT2D eigenvalue weighted by molar-refractivity contribution is 6.07. The van der Waals surface area contributed by atoms with Crippen LogP contribution in [0.3, 0.4) is 0 Å². The van der Waals surface area contributed by atoms with Gasteiger partial charge in [0.2, 0.25) is 5.96 Å². The molecule has 0 atom stereocenters. The van der Waals surface area contributed by atoms with Crippen LogP contribution in [0.4, 0.5) is 0 Å². The summed E-state index contributed by atoms with van der Waals surface area (Å²) in [6.45, 7) is 5.20. The molecule has 7 nitrogen and oxygen atoms in total. The van der Waals surface area contributed by atoms with Crippen molar-refractivity contribution in [2.24, 2.45) is 4.99 Å². The van der Waals surface area contributed by atoms with Gasteiger partial charge in [-0.3, -0.25) is 14.9 Å². The molecule has 0 bridgehead atoms. The van der Waals surface area contributed by atoms with E-state index in [-0.39, 0.29) is 17.9 Å². The zero-order valence-electron chi connectivity index (χ0n) is 14.7. The monoisotopic (exact) mass is 331 g/mol. The molecule has 3 rings (SSSR count). The number of nitrogens with zero attached hydrogens (tertiary/aromatic N) is 4. The highest BCUT2D eigenvalue weighted by atomic mass is 16.2. The van der Waals surface area contributed by atoms with Gasteiger partial charge in [-0.1, -0.05) is 0 Å². The van der Waals surface area contributed by atoms with Crippen molar-refractivity contribution in [1.29, 1.82) is 0 Å².